The minimum atomic E-state index is 0.672. The highest BCUT2D eigenvalue weighted by atomic mass is 15.3. The lowest BCUT2D eigenvalue weighted by molar-refractivity contribution is 0.329. The van der Waals surface area contributed by atoms with Crippen molar-refractivity contribution in [1.29, 1.82) is 0 Å². The van der Waals surface area contributed by atoms with Crippen LogP contribution < -0.4 is 5.32 Å². The Hall–Kier alpha value is -0.830. The number of nitrogens with one attached hydrogen (secondary N) is 1. The van der Waals surface area contributed by atoms with Crippen molar-refractivity contribution in [2.75, 3.05) is 13.1 Å². The van der Waals surface area contributed by atoms with Gasteiger partial charge in [0, 0.05) is 6.20 Å². The zero-order valence-electron chi connectivity index (χ0n) is 11.7. The highest BCUT2D eigenvalue weighted by Gasteiger charge is 2.15. The molecule has 1 N–H and O–H groups in total. The van der Waals surface area contributed by atoms with E-state index >= 15 is 0 Å². The molecule has 0 bridgehead atoms. The molecule has 0 aromatic carbocycles. The van der Waals surface area contributed by atoms with Crippen LogP contribution in [0.15, 0.2) is 12.4 Å². The van der Waals surface area contributed by atoms with Gasteiger partial charge in [0.1, 0.15) is 0 Å². The van der Waals surface area contributed by atoms with Gasteiger partial charge >= 0.3 is 0 Å². The molecule has 1 aliphatic rings. The molecule has 1 aromatic rings. The molecule has 1 aliphatic carbocycles. The molecule has 102 valence electrons. The van der Waals surface area contributed by atoms with Gasteiger partial charge in [0.25, 0.3) is 0 Å². The second kappa shape index (κ2) is 7.57. The molecule has 0 unspecified atom stereocenters. The van der Waals surface area contributed by atoms with Crippen molar-refractivity contribution >= 4 is 0 Å². The zero-order chi connectivity index (χ0) is 12.6. The van der Waals surface area contributed by atoms with Crippen molar-refractivity contribution in [3.05, 3.63) is 18.0 Å². The lowest BCUT2D eigenvalue weighted by atomic mass is 9.96. The quantitative estimate of drug-likeness (QED) is 0.751. The topological polar surface area (TPSA) is 29.9 Å². The molecule has 0 amide bonds. The lowest BCUT2D eigenvalue weighted by Gasteiger charge is -2.21. The summed E-state index contributed by atoms with van der Waals surface area (Å²) in [4.78, 5) is 0. The second-order valence-electron chi connectivity index (χ2n) is 5.47. The van der Waals surface area contributed by atoms with Gasteiger partial charge in [-0.25, -0.2) is 0 Å². The van der Waals surface area contributed by atoms with E-state index in [9.17, 15) is 0 Å². The number of hydrogen-bond acceptors (Lipinski definition) is 2. The summed E-state index contributed by atoms with van der Waals surface area (Å²) in [5.41, 5.74) is 1.40. The number of aryl methyl sites for hydroxylation is 1. The van der Waals surface area contributed by atoms with E-state index in [0.717, 1.165) is 19.5 Å². The number of nitrogens with zero attached hydrogens (tertiary/aromatic N) is 2. The Kier molecular flexibility index (Phi) is 5.72. The first-order valence-electron chi connectivity index (χ1n) is 7.64. The summed E-state index contributed by atoms with van der Waals surface area (Å²) in [5.74, 6) is 0. The first kappa shape index (κ1) is 13.6. The summed E-state index contributed by atoms with van der Waals surface area (Å²) >= 11 is 0. The van der Waals surface area contributed by atoms with Gasteiger partial charge in [-0.05, 0) is 50.8 Å². The van der Waals surface area contributed by atoms with E-state index in [-0.39, 0.29) is 0 Å². The predicted octanol–water partition coefficient (Wildman–Crippen LogP) is 3.32. The van der Waals surface area contributed by atoms with Crippen molar-refractivity contribution in [3.63, 3.8) is 0 Å². The lowest BCUT2D eigenvalue weighted by Crippen LogP contribution is -2.16. The molecule has 3 nitrogen and oxygen atoms in total. The smallest absolute Gasteiger partial charge is 0.0521 e. The fourth-order valence-electron chi connectivity index (χ4n) is 2.77. The predicted molar refractivity (Wildman–Crippen MR) is 75.8 cm³/mol. The molecule has 18 heavy (non-hydrogen) atoms. The largest absolute Gasteiger partial charge is 0.317 e. The molecule has 1 aromatic heterocycles. The summed E-state index contributed by atoms with van der Waals surface area (Å²) < 4.78 is 2.22. The maximum Gasteiger partial charge on any atom is 0.0521 e. The summed E-state index contributed by atoms with van der Waals surface area (Å²) in [6.45, 7) is 4.48. The normalized spacial score (nSPS) is 17.2. The highest BCUT2D eigenvalue weighted by Crippen LogP contribution is 2.27. The van der Waals surface area contributed by atoms with Crippen LogP contribution in [0.25, 0.3) is 0 Å². The van der Waals surface area contributed by atoms with Gasteiger partial charge < -0.3 is 5.32 Å². The van der Waals surface area contributed by atoms with Gasteiger partial charge in [0.05, 0.1) is 12.2 Å². The van der Waals surface area contributed by atoms with Crippen LogP contribution in [0.4, 0.5) is 0 Å². The van der Waals surface area contributed by atoms with E-state index in [1.807, 2.05) is 0 Å². The highest BCUT2D eigenvalue weighted by molar-refractivity contribution is 5.04. The molecule has 2 rings (SSSR count). The Morgan fingerprint density at radius 2 is 2.11 bits per heavy atom. The van der Waals surface area contributed by atoms with Gasteiger partial charge in [-0.1, -0.05) is 26.2 Å². The Bertz CT molecular complexity index is 326. The molecular formula is C15H27N3. The third kappa shape index (κ3) is 4.13. The molecule has 0 saturated heterocycles. The maximum atomic E-state index is 4.55. The van der Waals surface area contributed by atoms with Gasteiger partial charge in [-0.15, -0.1) is 0 Å². The fourth-order valence-corrected chi connectivity index (χ4v) is 2.77. The van der Waals surface area contributed by atoms with Crippen LogP contribution in [0, 0.1) is 0 Å². The first-order valence-corrected chi connectivity index (χ1v) is 7.64. The molecule has 1 fully saturated rings. The van der Waals surface area contributed by atoms with Gasteiger partial charge in [-0.3, -0.25) is 4.68 Å². The molecule has 3 heteroatoms. The van der Waals surface area contributed by atoms with Crippen LogP contribution >= 0.6 is 0 Å². The Morgan fingerprint density at radius 3 is 2.89 bits per heavy atom. The third-order valence-corrected chi connectivity index (χ3v) is 3.85. The van der Waals surface area contributed by atoms with E-state index < -0.39 is 0 Å². The molecule has 0 aliphatic heterocycles. The number of rotatable bonds is 7. The minimum absolute atomic E-state index is 0.672. The van der Waals surface area contributed by atoms with Crippen LogP contribution in [0.5, 0.6) is 0 Å². The summed E-state index contributed by atoms with van der Waals surface area (Å²) in [6.07, 6.45) is 14.7. The van der Waals surface area contributed by atoms with Crippen LogP contribution in [0.3, 0.4) is 0 Å². The Balaban J connectivity index is 1.72. The fraction of sp³-hybridized carbons (Fsp3) is 0.800. The van der Waals surface area contributed by atoms with Gasteiger partial charge in [0.15, 0.2) is 0 Å². The summed E-state index contributed by atoms with van der Waals surface area (Å²) in [7, 11) is 0. The van der Waals surface area contributed by atoms with Crippen molar-refractivity contribution in [2.24, 2.45) is 0 Å². The monoisotopic (exact) mass is 249 g/mol. The van der Waals surface area contributed by atoms with Crippen molar-refractivity contribution in [2.45, 2.75) is 64.3 Å². The van der Waals surface area contributed by atoms with Crippen LogP contribution in [-0.4, -0.2) is 22.9 Å². The molecule has 1 saturated carbocycles. The molecule has 0 atom stereocenters. The molecule has 0 spiro atoms. The van der Waals surface area contributed by atoms with Crippen molar-refractivity contribution in [3.8, 4) is 0 Å². The van der Waals surface area contributed by atoms with E-state index in [0.29, 0.717) is 6.04 Å². The van der Waals surface area contributed by atoms with Crippen molar-refractivity contribution in [1.82, 2.24) is 15.1 Å². The van der Waals surface area contributed by atoms with Crippen LogP contribution in [0.2, 0.25) is 0 Å². The first-order chi connectivity index (χ1) is 8.90. The van der Waals surface area contributed by atoms with Gasteiger partial charge in [0.2, 0.25) is 0 Å². The number of aromatic nitrogens is 2. The molecule has 0 radical (unpaired) electrons. The van der Waals surface area contributed by atoms with Crippen LogP contribution in [0.1, 0.15) is 63.5 Å². The van der Waals surface area contributed by atoms with E-state index in [2.05, 4.69) is 34.4 Å². The summed E-state index contributed by atoms with van der Waals surface area (Å²) in [6, 6.07) is 0.672. The van der Waals surface area contributed by atoms with Crippen LogP contribution in [-0.2, 0) is 6.42 Å². The zero-order valence-corrected chi connectivity index (χ0v) is 11.7. The molecule has 1 heterocycles. The van der Waals surface area contributed by atoms with E-state index in [4.69, 9.17) is 0 Å². The Labute approximate surface area is 111 Å². The average molecular weight is 249 g/mol. The Morgan fingerprint density at radius 1 is 1.28 bits per heavy atom. The maximum absolute atomic E-state index is 4.55. The van der Waals surface area contributed by atoms with E-state index in [1.54, 1.807) is 0 Å². The van der Waals surface area contributed by atoms with Gasteiger partial charge in [-0.2, -0.15) is 5.10 Å². The minimum Gasteiger partial charge on any atom is -0.317 e. The second-order valence-corrected chi connectivity index (χ2v) is 5.47. The van der Waals surface area contributed by atoms with E-state index in [1.165, 1.54) is 50.5 Å². The number of hydrogen-bond donors (Lipinski definition) is 1. The SMILES string of the molecule is CCCNCCCc1cnn(C2CCCCC2)c1. The van der Waals surface area contributed by atoms with Crippen molar-refractivity contribution < 1.29 is 0 Å². The standard InChI is InChI=1S/C15H27N3/c1-2-10-16-11-6-7-14-12-17-18(13-14)15-8-4-3-5-9-15/h12-13,15-16H,2-11H2,1H3. The summed E-state index contributed by atoms with van der Waals surface area (Å²) in [5, 5.41) is 8.00. The molecular weight excluding hydrogens is 222 g/mol. The third-order valence-electron chi connectivity index (χ3n) is 3.85. The average Bonchev–Trinajstić information content (AvgIpc) is 2.88.